The smallest absolute Gasteiger partial charge is 0.323 e. The molecule has 2 saturated heterocycles. The molecule has 2 aromatic carbocycles. The molecule has 34 heavy (non-hydrogen) atoms. The molecule has 4 rings (SSSR count). The van der Waals surface area contributed by atoms with Gasteiger partial charge in [-0.1, -0.05) is 72.9 Å². The predicted molar refractivity (Wildman–Crippen MR) is 141 cm³/mol. The molecule has 2 heterocycles. The number of hydrazone groups is 1. The van der Waals surface area contributed by atoms with Crippen LogP contribution in [0.25, 0.3) is 0 Å². The van der Waals surface area contributed by atoms with Crippen LogP contribution in [0.15, 0.2) is 53.6 Å². The van der Waals surface area contributed by atoms with Gasteiger partial charge in [-0.3, -0.25) is 9.69 Å². The highest BCUT2D eigenvalue weighted by atomic mass is 35.6. The Morgan fingerprint density at radius 2 is 1.59 bits per heavy atom. The second-order valence-corrected chi connectivity index (χ2v) is 11.4. The van der Waals surface area contributed by atoms with Crippen molar-refractivity contribution in [3.8, 4) is 0 Å². The fraction of sp³-hybridized carbons (Fsp3) is 0.462. The second kappa shape index (κ2) is 10.9. The first kappa shape index (κ1) is 25.3. The van der Waals surface area contributed by atoms with Gasteiger partial charge in [0.05, 0.1) is 17.1 Å². The van der Waals surface area contributed by atoms with Gasteiger partial charge >= 0.3 is 5.97 Å². The normalized spacial score (nSPS) is 23.2. The van der Waals surface area contributed by atoms with Gasteiger partial charge in [0.1, 0.15) is 12.6 Å². The maximum Gasteiger partial charge on any atom is 0.323 e. The van der Waals surface area contributed by atoms with Crippen LogP contribution in [-0.4, -0.2) is 46.1 Å². The largest absolute Gasteiger partial charge is 0.460 e. The Kier molecular flexibility index (Phi) is 8.08. The molecule has 3 unspecified atom stereocenters. The lowest BCUT2D eigenvalue weighted by Crippen LogP contribution is -2.48. The van der Waals surface area contributed by atoms with E-state index in [1.807, 2.05) is 5.01 Å². The third-order valence-corrected chi connectivity index (χ3v) is 6.88. The van der Waals surface area contributed by atoms with Crippen LogP contribution in [0.1, 0.15) is 37.8 Å². The molecule has 2 aliphatic rings. The molecule has 0 saturated carbocycles. The molecule has 0 aliphatic carbocycles. The van der Waals surface area contributed by atoms with E-state index < -0.39 is 3.79 Å². The molecule has 2 aliphatic heterocycles. The van der Waals surface area contributed by atoms with E-state index in [0.717, 1.165) is 49.3 Å². The Morgan fingerprint density at radius 1 is 1.03 bits per heavy atom. The standard InChI is InChI=1S/C26H30Cl3N3O2/c1-3-18-5-9-22(10-6-18)32(23-11-7-19(4-2)8-12-23)30-21-15-20-13-14-31(16-21)24(20)25(33)34-17-26(27,28)29/h5-12,20,24H,3-4,13-17H2,1-2H3. The van der Waals surface area contributed by atoms with Crippen LogP contribution >= 0.6 is 34.8 Å². The zero-order valence-corrected chi connectivity index (χ0v) is 21.8. The monoisotopic (exact) mass is 521 g/mol. The highest BCUT2D eigenvalue weighted by Crippen LogP contribution is 2.35. The van der Waals surface area contributed by atoms with Crippen molar-refractivity contribution in [3.63, 3.8) is 0 Å². The SMILES string of the molecule is CCc1ccc(N(N=C2CC3CCN(C2)C3C(=O)OCC(Cl)(Cl)Cl)c2ccc(CC)cc2)cc1. The molecule has 0 radical (unpaired) electrons. The van der Waals surface area contributed by atoms with E-state index in [-0.39, 0.29) is 24.5 Å². The minimum absolute atomic E-state index is 0.141. The van der Waals surface area contributed by atoms with Crippen LogP contribution in [0.5, 0.6) is 0 Å². The molecule has 5 nitrogen and oxygen atoms in total. The summed E-state index contributed by atoms with van der Waals surface area (Å²) in [6.45, 7) is 5.49. The molecule has 0 N–H and O–H groups in total. The number of aryl methyl sites for hydroxylation is 2. The van der Waals surface area contributed by atoms with E-state index in [4.69, 9.17) is 44.6 Å². The van der Waals surface area contributed by atoms with Crippen molar-refractivity contribution in [1.29, 1.82) is 0 Å². The second-order valence-electron chi connectivity index (χ2n) is 8.91. The van der Waals surface area contributed by atoms with E-state index in [2.05, 4.69) is 67.3 Å². The summed E-state index contributed by atoms with van der Waals surface area (Å²) in [5.74, 6) is -0.183. The maximum atomic E-state index is 12.7. The summed E-state index contributed by atoms with van der Waals surface area (Å²) in [4.78, 5) is 14.8. The van der Waals surface area contributed by atoms with Crippen molar-refractivity contribution in [2.75, 3.05) is 24.7 Å². The Morgan fingerprint density at radius 3 is 2.06 bits per heavy atom. The summed E-state index contributed by atoms with van der Waals surface area (Å²) in [5, 5.41) is 7.11. The summed E-state index contributed by atoms with van der Waals surface area (Å²) >= 11 is 17.3. The van der Waals surface area contributed by atoms with Crippen molar-refractivity contribution in [2.45, 2.75) is 49.4 Å². The minimum atomic E-state index is -1.60. The average Bonchev–Trinajstić information content (AvgIpc) is 3.11. The van der Waals surface area contributed by atoms with E-state index in [1.165, 1.54) is 11.1 Å². The van der Waals surface area contributed by atoms with Gasteiger partial charge in [-0.2, -0.15) is 5.10 Å². The molecule has 0 aromatic heterocycles. The molecule has 3 atom stereocenters. The number of benzene rings is 2. The third kappa shape index (κ3) is 6.06. The number of esters is 1. The number of ether oxygens (including phenoxy) is 1. The molecule has 2 bridgehead atoms. The highest BCUT2D eigenvalue weighted by Gasteiger charge is 2.45. The van der Waals surface area contributed by atoms with Crippen LogP contribution in [0.3, 0.4) is 0 Å². The highest BCUT2D eigenvalue weighted by molar-refractivity contribution is 6.67. The fourth-order valence-corrected chi connectivity index (χ4v) is 4.89. The number of rotatable bonds is 7. The lowest BCUT2D eigenvalue weighted by molar-refractivity contribution is -0.150. The van der Waals surface area contributed by atoms with E-state index in [1.54, 1.807) is 0 Å². The van der Waals surface area contributed by atoms with Crippen molar-refractivity contribution in [2.24, 2.45) is 11.0 Å². The molecule has 0 amide bonds. The van der Waals surface area contributed by atoms with Gasteiger partial charge in [-0.15, -0.1) is 0 Å². The van der Waals surface area contributed by atoms with E-state index in [0.29, 0.717) is 6.54 Å². The third-order valence-electron chi connectivity index (χ3n) is 6.55. The quantitative estimate of drug-likeness (QED) is 0.243. The number of anilines is 2. The van der Waals surface area contributed by atoms with Crippen LogP contribution < -0.4 is 5.01 Å². The predicted octanol–water partition coefficient (Wildman–Crippen LogP) is 6.31. The Hall–Kier alpha value is -1.79. The van der Waals surface area contributed by atoms with E-state index >= 15 is 0 Å². The lowest BCUT2D eigenvalue weighted by atomic mass is 9.91. The fourth-order valence-electron chi connectivity index (χ4n) is 4.72. The summed E-state index contributed by atoms with van der Waals surface area (Å²) < 4.78 is 3.69. The maximum absolute atomic E-state index is 12.7. The van der Waals surface area contributed by atoms with Gasteiger partial charge in [-0.05, 0) is 73.5 Å². The van der Waals surface area contributed by atoms with Crippen LogP contribution in [0.4, 0.5) is 11.4 Å². The number of halogens is 3. The summed E-state index contributed by atoms with van der Waals surface area (Å²) in [6, 6.07) is 16.7. The molecular formula is C26H30Cl3N3O2. The van der Waals surface area contributed by atoms with Gasteiger partial charge < -0.3 is 4.74 Å². The van der Waals surface area contributed by atoms with Gasteiger partial charge in [0.25, 0.3) is 0 Å². The topological polar surface area (TPSA) is 45.1 Å². The summed E-state index contributed by atoms with van der Waals surface area (Å²) in [5.41, 5.74) is 5.65. The number of nitrogens with zero attached hydrogens (tertiary/aromatic N) is 3. The molecule has 2 aromatic rings. The molecule has 2 fully saturated rings. The van der Waals surface area contributed by atoms with Crippen LogP contribution in [0.2, 0.25) is 0 Å². The Balaban J connectivity index is 1.56. The Labute approximate surface area is 216 Å². The van der Waals surface area contributed by atoms with Crippen molar-refractivity contribution < 1.29 is 9.53 Å². The van der Waals surface area contributed by atoms with Crippen molar-refractivity contribution in [1.82, 2.24) is 4.90 Å². The first-order valence-corrected chi connectivity index (χ1v) is 12.9. The number of carbonyl (C=O) groups is 1. The van der Waals surface area contributed by atoms with Gasteiger partial charge in [0, 0.05) is 6.54 Å². The average molecular weight is 523 g/mol. The summed E-state index contributed by atoms with van der Waals surface area (Å²) in [6.07, 6.45) is 3.64. The zero-order chi connectivity index (χ0) is 24.3. The van der Waals surface area contributed by atoms with Crippen LogP contribution in [0, 0.1) is 5.92 Å². The lowest BCUT2D eigenvalue weighted by Gasteiger charge is -2.33. The minimum Gasteiger partial charge on any atom is -0.460 e. The number of hydrogen-bond donors (Lipinski definition) is 0. The molecule has 0 spiro atoms. The van der Waals surface area contributed by atoms with Crippen molar-refractivity contribution in [3.05, 3.63) is 59.7 Å². The molecule has 8 heteroatoms. The molecule has 182 valence electrons. The van der Waals surface area contributed by atoms with Gasteiger partial charge in [-0.25, -0.2) is 5.01 Å². The zero-order valence-electron chi connectivity index (χ0n) is 19.5. The van der Waals surface area contributed by atoms with Crippen molar-refractivity contribution >= 4 is 57.9 Å². The van der Waals surface area contributed by atoms with Crippen LogP contribution in [-0.2, 0) is 22.4 Å². The number of piperidine rings is 1. The number of fused-ring (bicyclic) bond motifs is 2. The first-order valence-electron chi connectivity index (χ1n) is 11.8. The van der Waals surface area contributed by atoms with Gasteiger partial charge in [0.2, 0.25) is 3.79 Å². The number of alkyl halides is 3. The van der Waals surface area contributed by atoms with E-state index in [9.17, 15) is 4.79 Å². The number of carbonyl (C=O) groups excluding carboxylic acids is 1. The summed E-state index contributed by atoms with van der Waals surface area (Å²) in [7, 11) is 0. The van der Waals surface area contributed by atoms with Gasteiger partial charge in [0.15, 0.2) is 0 Å². The number of hydrogen-bond acceptors (Lipinski definition) is 5. The molecular weight excluding hydrogens is 493 g/mol. The Bertz CT molecular complexity index is 956. The first-order chi connectivity index (χ1) is 16.3.